The summed E-state index contributed by atoms with van der Waals surface area (Å²) in [4.78, 5) is 33.8. The van der Waals surface area contributed by atoms with Gasteiger partial charge in [-0.25, -0.2) is 0 Å². The summed E-state index contributed by atoms with van der Waals surface area (Å²) in [6, 6.07) is 8.60. The fourth-order valence-electron chi connectivity index (χ4n) is 2.12. The average molecular weight is 306 g/mol. The van der Waals surface area contributed by atoms with Crippen LogP contribution in [-0.4, -0.2) is 35.0 Å². The number of carbonyl (C=O) groups is 3. The maximum Gasteiger partial charge on any atom is 0.303 e. The molecule has 3 N–H and O–H groups in total. The van der Waals surface area contributed by atoms with E-state index in [1.165, 1.54) is 6.92 Å². The Morgan fingerprint density at radius 1 is 1.14 bits per heavy atom. The molecule has 120 valence electrons. The highest BCUT2D eigenvalue weighted by Gasteiger charge is 2.19. The zero-order valence-corrected chi connectivity index (χ0v) is 12.8. The second kappa shape index (κ2) is 8.81. The molecule has 2 amide bonds. The highest BCUT2D eigenvalue weighted by molar-refractivity contribution is 5.86. The number of hydrogen-bond acceptors (Lipinski definition) is 3. The number of aliphatic carboxylic acids is 1. The van der Waals surface area contributed by atoms with Crippen molar-refractivity contribution in [1.82, 2.24) is 10.6 Å². The van der Waals surface area contributed by atoms with Gasteiger partial charge < -0.3 is 15.7 Å². The Bertz CT molecular complexity index is 516. The number of amides is 2. The van der Waals surface area contributed by atoms with E-state index >= 15 is 0 Å². The van der Waals surface area contributed by atoms with E-state index in [4.69, 9.17) is 5.11 Å². The fourth-order valence-corrected chi connectivity index (χ4v) is 2.12. The predicted molar refractivity (Wildman–Crippen MR) is 82.2 cm³/mol. The summed E-state index contributed by atoms with van der Waals surface area (Å²) in [6.07, 6.45) is 0.863. The highest BCUT2D eigenvalue weighted by Crippen LogP contribution is 2.08. The third-order valence-corrected chi connectivity index (χ3v) is 3.19. The molecule has 0 heterocycles. The van der Waals surface area contributed by atoms with E-state index in [0.29, 0.717) is 12.8 Å². The Hall–Kier alpha value is -2.37. The van der Waals surface area contributed by atoms with Gasteiger partial charge in [0.15, 0.2) is 0 Å². The van der Waals surface area contributed by atoms with Crippen LogP contribution in [0.3, 0.4) is 0 Å². The van der Waals surface area contributed by atoms with Crippen molar-refractivity contribution in [2.45, 2.75) is 45.2 Å². The Balaban J connectivity index is 2.66. The Morgan fingerprint density at radius 2 is 1.77 bits per heavy atom. The third kappa shape index (κ3) is 6.88. The number of nitrogens with one attached hydrogen (secondary N) is 2. The lowest BCUT2D eigenvalue weighted by Crippen LogP contribution is -2.48. The molecule has 0 radical (unpaired) electrons. The summed E-state index contributed by atoms with van der Waals surface area (Å²) in [5, 5.41) is 14.1. The minimum Gasteiger partial charge on any atom is -0.481 e. The third-order valence-electron chi connectivity index (χ3n) is 3.19. The second-order valence-corrected chi connectivity index (χ2v) is 5.25. The van der Waals surface area contributed by atoms with Gasteiger partial charge in [0, 0.05) is 19.4 Å². The zero-order valence-electron chi connectivity index (χ0n) is 12.8. The molecule has 22 heavy (non-hydrogen) atoms. The molecule has 0 saturated carbocycles. The zero-order chi connectivity index (χ0) is 16.5. The van der Waals surface area contributed by atoms with Crippen LogP contribution in [0.15, 0.2) is 30.3 Å². The monoisotopic (exact) mass is 306 g/mol. The first kappa shape index (κ1) is 17.7. The van der Waals surface area contributed by atoms with Crippen molar-refractivity contribution in [2.75, 3.05) is 0 Å². The Morgan fingerprint density at radius 3 is 2.32 bits per heavy atom. The number of carboxylic acid groups (broad SMARTS) is 1. The molecule has 0 aromatic heterocycles. The molecule has 0 bridgehead atoms. The summed E-state index contributed by atoms with van der Waals surface area (Å²) in [7, 11) is 0. The van der Waals surface area contributed by atoms with Crippen LogP contribution in [0.2, 0.25) is 0 Å². The summed E-state index contributed by atoms with van der Waals surface area (Å²) in [5.41, 5.74) is 1.02. The quantitative estimate of drug-likeness (QED) is 0.670. The lowest BCUT2D eigenvalue weighted by Gasteiger charge is -2.21. The molecule has 6 heteroatoms. The summed E-state index contributed by atoms with van der Waals surface area (Å²) < 4.78 is 0. The average Bonchev–Trinajstić information content (AvgIpc) is 2.45. The molecule has 0 saturated heterocycles. The predicted octanol–water partition coefficient (Wildman–Crippen LogP) is 1.10. The van der Waals surface area contributed by atoms with E-state index in [-0.39, 0.29) is 24.3 Å². The topological polar surface area (TPSA) is 95.5 Å². The first-order chi connectivity index (χ1) is 10.4. The number of hydrogen-bond donors (Lipinski definition) is 3. The fraction of sp³-hybridized carbons (Fsp3) is 0.438. The maximum atomic E-state index is 12.1. The van der Waals surface area contributed by atoms with E-state index < -0.39 is 12.0 Å². The minimum absolute atomic E-state index is 0.0215. The highest BCUT2D eigenvalue weighted by atomic mass is 16.4. The van der Waals surface area contributed by atoms with Crippen molar-refractivity contribution in [3.63, 3.8) is 0 Å². The molecular formula is C16H22N2O4. The Kier molecular flexibility index (Phi) is 7.08. The van der Waals surface area contributed by atoms with Crippen LogP contribution in [0.25, 0.3) is 0 Å². The molecule has 1 aromatic carbocycles. The number of benzene rings is 1. The molecule has 2 unspecified atom stereocenters. The van der Waals surface area contributed by atoms with Crippen molar-refractivity contribution in [3.05, 3.63) is 35.9 Å². The van der Waals surface area contributed by atoms with Gasteiger partial charge in [-0.2, -0.15) is 0 Å². The van der Waals surface area contributed by atoms with Crippen molar-refractivity contribution in [3.8, 4) is 0 Å². The molecule has 0 spiro atoms. The Labute approximate surface area is 129 Å². The number of rotatable bonds is 8. The largest absolute Gasteiger partial charge is 0.481 e. The lowest BCUT2D eigenvalue weighted by molar-refractivity contribution is -0.137. The van der Waals surface area contributed by atoms with Crippen molar-refractivity contribution in [2.24, 2.45) is 0 Å². The number of carbonyl (C=O) groups excluding carboxylic acids is 2. The molecule has 1 rings (SSSR count). The number of carboxylic acids is 1. The summed E-state index contributed by atoms with van der Waals surface area (Å²) >= 11 is 0. The van der Waals surface area contributed by atoms with Gasteiger partial charge in [-0.05, 0) is 25.3 Å². The van der Waals surface area contributed by atoms with Crippen LogP contribution in [0.1, 0.15) is 32.3 Å². The second-order valence-electron chi connectivity index (χ2n) is 5.25. The van der Waals surface area contributed by atoms with Crippen LogP contribution in [0.4, 0.5) is 0 Å². The molecule has 0 aliphatic heterocycles. The van der Waals surface area contributed by atoms with E-state index in [0.717, 1.165) is 5.56 Å². The molecular weight excluding hydrogens is 284 g/mol. The van der Waals surface area contributed by atoms with E-state index in [9.17, 15) is 14.4 Å². The van der Waals surface area contributed by atoms with Gasteiger partial charge in [0.2, 0.25) is 11.8 Å². The summed E-state index contributed by atoms with van der Waals surface area (Å²) in [6.45, 7) is 2.93. The molecule has 0 fully saturated rings. The van der Waals surface area contributed by atoms with Crippen LogP contribution in [0, 0.1) is 0 Å². The molecule has 6 nitrogen and oxygen atoms in total. The van der Waals surface area contributed by atoms with Crippen LogP contribution in [0.5, 0.6) is 0 Å². The van der Waals surface area contributed by atoms with Crippen molar-refractivity contribution < 1.29 is 19.5 Å². The van der Waals surface area contributed by atoms with Gasteiger partial charge >= 0.3 is 5.97 Å². The van der Waals surface area contributed by atoms with Gasteiger partial charge in [-0.3, -0.25) is 14.4 Å². The summed E-state index contributed by atoms with van der Waals surface area (Å²) in [5.74, 6) is -1.50. The van der Waals surface area contributed by atoms with Crippen LogP contribution in [-0.2, 0) is 20.8 Å². The molecule has 1 aromatic rings. The van der Waals surface area contributed by atoms with Crippen molar-refractivity contribution >= 4 is 17.8 Å². The lowest BCUT2D eigenvalue weighted by atomic mass is 10.0. The first-order valence-corrected chi connectivity index (χ1v) is 7.21. The van der Waals surface area contributed by atoms with Crippen molar-refractivity contribution in [1.29, 1.82) is 0 Å². The van der Waals surface area contributed by atoms with Crippen LogP contribution < -0.4 is 10.6 Å². The van der Waals surface area contributed by atoms with Gasteiger partial charge in [-0.15, -0.1) is 0 Å². The minimum atomic E-state index is -0.901. The standard InChI is InChI=1S/C16H22N2O4/c1-11(17-12(2)19)16(22)18-14(8-9-15(20)21)10-13-6-4-3-5-7-13/h3-7,11,14H,8-10H2,1-2H3,(H,17,19)(H,18,22)(H,20,21). The van der Waals surface area contributed by atoms with Gasteiger partial charge in [0.1, 0.15) is 6.04 Å². The van der Waals surface area contributed by atoms with Gasteiger partial charge in [-0.1, -0.05) is 30.3 Å². The smallest absolute Gasteiger partial charge is 0.303 e. The van der Waals surface area contributed by atoms with Gasteiger partial charge in [0.25, 0.3) is 0 Å². The maximum absolute atomic E-state index is 12.1. The normalized spacial score (nSPS) is 13.0. The molecule has 2 atom stereocenters. The molecule has 0 aliphatic carbocycles. The van der Waals surface area contributed by atoms with E-state index in [1.54, 1.807) is 6.92 Å². The molecule has 0 aliphatic rings. The van der Waals surface area contributed by atoms with E-state index in [1.807, 2.05) is 30.3 Å². The van der Waals surface area contributed by atoms with Gasteiger partial charge in [0.05, 0.1) is 0 Å². The van der Waals surface area contributed by atoms with Crippen LogP contribution >= 0.6 is 0 Å². The SMILES string of the molecule is CC(=O)NC(C)C(=O)NC(CCC(=O)O)Cc1ccccc1. The first-order valence-electron chi connectivity index (χ1n) is 7.21. The van der Waals surface area contributed by atoms with E-state index in [2.05, 4.69) is 10.6 Å².